The Bertz CT molecular complexity index is 584. The number of nitrogens with zero attached hydrogens (tertiary/aromatic N) is 1. The van der Waals surface area contributed by atoms with Crippen LogP contribution in [0.15, 0.2) is 23.1 Å². The monoisotopic (exact) mass is 301 g/mol. The second-order valence-corrected chi connectivity index (χ2v) is 6.44. The number of nitrogen functional groups attached to an aromatic ring is 1. The smallest absolute Gasteiger partial charge is 0.307 e. The van der Waals surface area contributed by atoms with Crippen molar-refractivity contribution in [3.8, 4) is 0 Å². The molecule has 0 amide bonds. The lowest BCUT2D eigenvalue weighted by Gasteiger charge is -2.14. The Balaban J connectivity index is 2.82. The predicted molar refractivity (Wildman–Crippen MR) is 76.8 cm³/mol. The van der Waals surface area contributed by atoms with Gasteiger partial charge in [0, 0.05) is 20.6 Å². The summed E-state index contributed by atoms with van der Waals surface area (Å²) in [5.74, 6) is -0.331. The van der Waals surface area contributed by atoms with Crippen LogP contribution in [0.2, 0.25) is 0 Å². The van der Waals surface area contributed by atoms with E-state index < -0.39 is 10.0 Å². The summed E-state index contributed by atoms with van der Waals surface area (Å²) in [6.07, 6.45) is 0.202. The Morgan fingerprint density at radius 1 is 1.40 bits per heavy atom. The molecule has 0 bridgehead atoms. The van der Waals surface area contributed by atoms with Crippen LogP contribution in [0.3, 0.4) is 0 Å². The molecule has 0 aromatic heterocycles. The lowest BCUT2D eigenvalue weighted by Crippen LogP contribution is -2.22. The van der Waals surface area contributed by atoms with E-state index in [1.807, 2.05) is 0 Å². The molecule has 0 fully saturated rings. The number of hydrogen-bond donors (Lipinski definition) is 2. The highest BCUT2D eigenvalue weighted by Crippen LogP contribution is 2.23. The minimum absolute atomic E-state index is 0.124. The van der Waals surface area contributed by atoms with Crippen LogP contribution in [0.1, 0.15) is 6.42 Å². The van der Waals surface area contributed by atoms with Crippen LogP contribution in [0, 0.1) is 0 Å². The molecule has 0 atom stereocenters. The van der Waals surface area contributed by atoms with Crippen molar-refractivity contribution in [2.75, 3.05) is 38.8 Å². The van der Waals surface area contributed by atoms with E-state index in [1.165, 1.54) is 33.3 Å². The van der Waals surface area contributed by atoms with Crippen molar-refractivity contribution in [2.45, 2.75) is 11.3 Å². The summed E-state index contributed by atoms with van der Waals surface area (Å²) in [4.78, 5) is 11.1. The third-order valence-corrected chi connectivity index (χ3v) is 4.48. The Kier molecular flexibility index (Phi) is 5.34. The molecule has 112 valence electrons. The van der Waals surface area contributed by atoms with Gasteiger partial charge in [0.1, 0.15) is 0 Å². The van der Waals surface area contributed by atoms with Crippen LogP contribution >= 0.6 is 0 Å². The Morgan fingerprint density at radius 3 is 2.55 bits per heavy atom. The number of benzene rings is 1. The van der Waals surface area contributed by atoms with E-state index >= 15 is 0 Å². The summed E-state index contributed by atoms with van der Waals surface area (Å²) >= 11 is 0. The standard InChI is InChI=1S/C12H19N3O4S/c1-15(2)20(17,18)9-4-5-11(10(13)8-9)14-7-6-12(16)19-3/h4-5,8,14H,6-7,13H2,1-3H3. The fourth-order valence-electron chi connectivity index (χ4n) is 1.47. The number of rotatable bonds is 6. The fourth-order valence-corrected chi connectivity index (χ4v) is 2.41. The summed E-state index contributed by atoms with van der Waals surface area (Å²) in [6, 6.07) is 4.42. The molecule has 20 heavy (non-hydrogen) atoms. The Hall–Kier alpha value is -1.80. The minimum Gasteiger partial charge on any atom is -0.469 e. The SMILES string of the molecule is COC(=O)CCNc1ccc(S(=O)(=O)N(C)C)cc1N. The van der Waals surface area contributed by atoms with Gasteiger partial charge >= 0.3 is 5.97 Å². The average molecular weight is 301 g/mol. The number of carbonyl (C=O) groups is 1. The largest absolute Gasteiger partial charge is 0.469 e. The predicted octanol–water partition coefficient (Wildman–Crippen LogP) is 0.494. The second kappa shape index (κ2) is 6.58. The molecule has 0 unspecified atom stereocenters. The van der Waals surface area contributed by atoms with Gasteiger partial charge < -0.3 is 15.8 Å². The van der Waals surface area contributed by atoms with Gasteiger partial charge in [-0.2, -0.15) is 0 Å². The van der Waals surface area contributed by atoms with Crippen molar-refractivity contribution >= 4 is 27.4 Å². The highest BCUT2D eigenvalue weighted by Gasteiger charge is 2.18. The van der Waals surface area contributed by atoms with Crippen molar-refractivity contribution < 1.29 is 17.9 Å². The molecule has 0 aliphatic rings. The van der Waals surface area contributed by atoms with Crippen molar-refractivity contribution in [3.63, 3.8) is 0 Å². The zero-order chi connectivity index (χ0) is 15.3. The van der Waals surface area contributed by atoms with Gasteiger partial charge in [0.05, 0.1) is 29.8 Å². The lowest BCUT2D eigenvalue weighted by molar-refractivity contribution is -0.140. The summed E-state index contributed by atoms with van der Waals surface area (Å²) in [5.41, 5.74) is 6.69. The molecule has 1 aromatic rings. The summed E-state index contributed by atoms with van der Waals surface area (Å²) in [7, 11) is 0.719. The number of nitrogens with two attached hydrogens (primary N) is 1. The molecule has 0 saturated heterocycles. The first kappa shape index (κ1) is 16.3. The van der Waals surface area contributed by atoms with Gasteiger partial charge in [-0.15, -0.1) is 0 Å². The highest BCUT2D eigenvalue weighted by molar-refractivity contribution is 7.89. The molecule has 0 aliphatic carbocycles. The third-order valence-electron chi connectivity index (χ3n) is 2.67. The zero-order valence-corrected chi connectivity index (χ0v) is 12.5. The molecule has 0 spiro atoms. The molecular weight excluding hydrogens is 282 g/mol. The summed E-state index contributed by atoms with van der Waals surface area (Å²) < 4.78 is 29.5. The van der Waals surface area contributed by atoms with Crippen LogP contribution in [-0.2, 0) is 19.6 Å². The van der Waals surface area contributed by atoms with Crippen molar-refractivity contribution in [2.24, 2.45) is 0 Å². The van der Waals surface area contributed by atoms with Gasteiger partial charge in [-0.25, -0.2) is 12.7 Å². The first-order valence-electron chi connectivity index (χ1n) is 5.91. The highest BCUT2D eigenvalue weighted by atomic mass is 32.2. The van der Waals surface area contributed by atoms with Crippen LogP contribution in [0.4, 0.5) is 11.4 Å². The van der Waals surface area contributed by atoms with E-state index in [2.05, 4.69) is 10.1 Å². The zero-order valence-electron chi connectivity index (χ0n) is 11.7. The second-order valence-electron chi connectivity index (χ2n) is 4.29. The molecule has 0 radical (unpaired) electrons. The average Bonchev–Trinajstić information content (AvgIpc) is 2.39. The van der Waals surface area contributed by atoms with Gasteiger partial charge in [0.2, 0.25) is 10.0 Å². The number of sulfonamides is 1. The van der Waals surface area contributed by atoms with Crippen LogP contribution in [-0.4, -0.2) is 46.4 Å². The summed E-state index contributed by atoms with van der Waals surface area (Å²) in [6.45, 7) is 0.358. The quantitative estimate of drug-likeness (QED) is 0.586. The number of anilines is 2. The van der Waals surface area contributed by atoms with E-state index in [4.69, 9.17) is 5.73 Å². The van der Waals surface area contributed by atoms with E-state index in [0.29, 0.717) is 17.9 Å². The molecule has 0 aliphatic heterocycles. The maximum absolute atomic E-state index is 11.9. The number of esters is 1. The molecule has 0 saturated carbocycles. The first-order chi connectivity index (χ1) is 9.28. The van der Waals surface area contributed by atoms with Gasteiger partial charge in [-0.05, 0) is 18.2 Å². The van der Waals surface area contributed by atoms with Crippen molar-refractivity contribution in [1.29, 1.82) is 0 Å². The van der Waals surface area contributed by atoms with Gasteiger partial charge in [0.15, 0.2) is 0 Å². The third kappa shape index (κ3) is 3.84. The van der Waals surface area contributed by atoms with Gasteiger partial charge in [0.25, 0.3) is 0 Å². The van der Waals surface area contributed by atoms with Crippen molar-refractivity contribution in [3.05, 3.63) is 18.2 Å². The molecule has 0 heterocycles. The molecule has 3 N–H and O–H groups in total. The van der Waals surface area contributed by atoms with Crippen LogP contribution < -0.4 is 11.1 Å². The molecular formula is C12H19N3O4S. The maximum Gasteiger partial charge on any atom is 0.307 e. The number of nitrogens with one attached hydrogen (secondary N) is 1. The molecule has 1 aromatic carbocycles. The molecule has 1 rings (SSSR count). The van der Waals surface area contributed by atoms with Crippen LogP contribution in [0.5, 0.6) is 0 Å². The number of carbonyl (C=O) groups excluding carboxylic acids is 1. The first-order valence-corrected chi connectivity index (χ1v) is 7.35. The van der Waals surface area contributed by atoms with E-state index in [1.54, 1.807) is 6.07 Å². The Labute approximate surface area is 118 Å². The maximum atomic E-state index is 11.9. The number of ether oxygens (including phenoxy) is 1. The summed E-state index contributed by atoms with van der Waals surface area (Å²) in [5, 5.41) is 2.95. The topological polar surface area (TPSA) is 102 Å². The van der Waals surface area contributed by atoms with Gasteiger partial charge in [-0.1, -0.05) is 0 Å². The fraction of sp³-hybridized carbons (Fsp3) is 0.417. The van der Waals surface area contributed by atoms with E-state index in [0.717, 1.165) is 4.31 Å². The Morgan fingerprint density at radius 2 is 2.05 bits per heavy atom. The van der Waals surface area contributed by atoms with E-state index in [-0.39, 0.29) is 17.3 Å². The van der Waals surface area contributed by atoms with Crippen LogP contribution in [0.25, 0.3) is 0 Å². The molecule has 8 heteroatoms. The molecule has 7 nitrogen and oxygen atoms in total. The van der Waals surface area contributed by atoms with E-state index in [9.17, 15) is 13.2 Å². The number of methoxy groups -OCH3 is 1. The van der Waals surface area contributed by atoms with Gasteiger partial charge in [-0.3, -0.25) is 4.79 Å². The normalized spacial score (nSPS) is 11.4. The lowest BCUT2D eigenvalue weighted by atomic mass is 10.2. The van der Waals surface area contributed by atoms with Crippen molar-refractivity contribution in [1.82, 2.24) is 4.31 Å². The minimum atomic E-state index is -3.50. The number of hydrogen-bond acceptors (Lipinski definition) is 6.